The minimum Gasteiger partial charge on any atom is -0.496 e. The van der Waals surface area contributed by atoms with Crippen LogP contribution in [0, 0.1) is 17.8 Å². The Morgan fingerprint density at radius 1 is 1.30 bits per heavy atom. The van der Waals surface area contributed by atoms with Gasteiger partial charge in [0.15, 0.2) is 0 Å². The third kappa shape index (κ3) is 4.94. The number of methoxy groups -OCH3 is 1. The van der Waals surface area contributed by atoms with E-state index >= 15 is 0 Å². The number of benzene rings is 1. The van der Waals surface area contributed by atoms with E-state index in [1.807, 2.05) is 18.2 Å². The normalized spacial score (nSPS) is 26.3. The van der Waals surface area contributed by atoms with Crippen molar-refractivity contribution < 1.29 is 14.6 Å². The molecule has 3 nitrogen and oxygen atoms in total. The minimum atomic E-state index is -0.674. The quantitative estimate of drug-likeness (QED) is 0.752. The fourth-order valence-corrected chi connectivity index (χ4v) is 3.96. The fourth-order valence-electron chi connectivity index (χ4n) is 3.58. The second-order valence-corrected chi connectivity index (χ2v) is 8.02. The molecule has 0 radical (unpaired) electrons. The van der Waals surface area contributed by atoms with E-state index in [4.69, 9.17) is 9.47 Å². The molecule has 1 unspecified atom stereocenters. The number of rotatable bonds is 6. The van der Waals surface area contributed by atoms with Gasteiger partial charge in [0, 0.05) is 10.0 Å². The molecule has 1 aromatic rings. The number of hydrogen-bond acceptors (Lipinski definition) is 3. The fraction of sp³-hybridized carbons (Fsp3) is 0.684. The van der Waals surface area contributed by atoms with E-state index in [-0.39, 0.29) is 6.10 Å². The van der Waals surface area contributed by atoms with Gasteiger partial charge in [-0.3, -0.25) is 0 Å². The average Bonchev–Trinajstić information content (AvgIpc) is 2.52. The van der Waals surface area contributed by atoms with E-state index < -0.39 is 6.10 Å². The first kappa shape index (κ1) is 18.8. The molecule has 23 heavy (non-hydrogen) atoms. The molecule has 2 rings (SSSR count). The van der Waals surface area contributed by atoms with E-state index in [0.717, 1.165) is 16.5 Å². The summed E-state index contributed by atoms with van der Waals surface area (Å²) in [5, 5.41) is 10.6. The van der Waals surface area contributed by atoms with E-state index in [2.05, 4.69) is 36.7 Å². The molecule has 0 heterocycles. The molecule has 1 aromatic carbocycles. The van der Waals surface area contributed by atoms with Crippen LogP contribution in [-0.4, -0.2) is 24.9 Å². The number of halogens is 1. The number of ether oxygens (including phenoxy) is 2. The minimum absolute atomic E-state index is 0.242. The SMILES string of the molecule is COc1ccc(Br)cc1C(O)CO[C@@H]1C[C@H](C)CC[C@H]1C(C)C. The Balaban J connectivity index is 2.02. The maximum absolute atomic E-state index is 10.6. The van der Waals surface area contributed by atoms with Crippen molar-refractivity contribution in [3.8, 4) is 5.75 Å². The monoisotopic (exact) mass is 384 g/mol. The number of aliphatic hydroxyl groups excluding tert-OH is 1. The van der Waals surface area contributed by atoms with Crippen LogP contribution in [0.1, 0.15) is 51.7 Å². The van der Waals surface area contributed by atoms with Crippen LogP contribution in [0.25, 0.3) is 0 Å². The Kier molecular flexibility index (Phi) is 6.93. The lowest BCUT2D eigenvalue weighted by molar-refractivity contribution is -0.0700. The van der Waals surface area contributed by atoms with Crippen LogP contribution in [0.15, 0.2) is 22.7 Å². The first-order valence-corrected chi connectivity index (χ1v) is 9.34. The molecule has 1 N–H and O–H groups in total. The summed E-state index contributed by atoms with van der Waals surface area (Å²) in [6.45, 7) is 7.14. The van der Waals surface area contributed by atoms with Crippen molar-refractivity contribution in [2.45, 2.75) is 52.2 Å². The predicted molar refractivity (Wildman–Crippen MR) is 96.7 cm³/mol. The van der Waals surface area contributed by atoms with Crippen molar-refractivity contribution in [2.24, 2.45) is 17.8 Å². The van der Waals surface area contributed by atoms with Gasteiger partial charge in [-0.1, -0.05) is 43.1 Å². The lowest BCUT2D eigenvalue weighted by Crippen LogP contribution is -2.35. The van der Waals surface area contributed by atoms with Gasteiger partial charge in [0.1, 0.15) is 11.9 Å². The van der Waals surface area contributed by atoms with Gasteiger partial charge < -0.3 is 14.6 Å². The lowest BCUT2D eigenvalue weighted by Gasteiger charge is -2.37. The first-order valence-electron chi connectivity index (χ1n) is 8.55. The first-order chi connectivity index (χ1) is 10.9. The molecule has 1 aliphatic rings. The molecular weight excluding hydrogens is 356 g/mol. The van der Waals surface area contributed by atoms with Gasteiger partial charge in [-0.25, -0.2) is 0 Å². The van der Waals surface area contributed by atoms with Crippen molar-refractivity contribution in [3.05, 3.63) is 28.2 Å². The Hall–Kier alpha value is -0.580. The summed E-state index contributed by atoms with van der Waals surface area (Å²) in [6, 6.07) is 5.67. The predicted octanol–water partition coefficient (Wildman–Crippen LogP) is 4.97. The highest BCUT2D eigenvalue weighted by molar-refractivity contribution is 9.10. The topological polar surface area (TPSA) is 38.7 Å². The zero-order valence-corrected chi connectivity index (χ0v) is 16.2. The van der Waals surface area contributed by atoms with Gasteiger partial charge in [-0.15, -0.1) is 0 Å². The van der Waals surface area contributed by atoms with E-state index in [1.54, 1.807) is 7.11 Å². The van der Waals surface area contributed by atoms with Gasteiger partial charge in [0.2, 0.25) is 0 Å². The summed E-state index contributed by atoms with van der Waals surface area (Å²) in [6.07, 6.45) is 3.16. The van der Waals surface area contributed by atoms with Gasteiger partial charge in [0.05, 0.1) is 19.8 Å². The highest BCUT2D eigenvalue weighted by Gasteiger charge is 2.32. The van der Waals surface area contributed by atoms with Crippen LogP contribution in [0.3, 0.4) is 0 Å². The molecule has 0 bridgehead atoms. The van der Waals surface area contributed by atoms with Crippen molar-refractivity contribution in [3.63, 3.8) is 0 Å². The number of hydrogen-bond donors (Lipinski definition) is 1. The molecule has 0 amide bonds. The molecule has 0 aliphatic heterocycles. The Morgan fingerprint density at radius 3 is 2.70 bits per heavy atom. The zero-order valence-electron chi connectivity index (χ0n) is 14.6. The summed E-state index contributed by atoms with van der Waals surface area (Å²) in [5.41, 5.74) is 0.770. The third-order valence-electron chi connectivity index (χ3n) is 4.98. The molecule has 4 heteroatoms. The van der Waals surface area contributed by atoms with Gasteiger partial charge in [-0.2, -0.15) is 0 Å². The maximum Gasteiger partial charge on any atom is 0.124 e. The molecule has 0 spiro atoms. The summed E-state index contributed by atoms with van der Waals surface area (Å²) >= 11 is 3.45. The second kappa shape index (κ2) is 8.50. The van der Waals surface area contributed by atoms with Crippen LogP contribution in [0.2, 0.25) is 0 Å². The molecule has 0 saturated heterocycles. The van der Waals surface area contributed by atoms with Crippen molar-refractivity contribution in [2.75, 3.05) is 13.7 Å². The van der Waals surface area contributed by atoms with Crippen molar-refractivity contribution >= 4 is 15.9 Å². The van der Waals surface area contributed by atoms with Crippen LogP contribution < -0.4 is 4.74 Å². The van der Waals surface area contributed by atoms with Crippen LogP contribution in [0.5, 0.6) is 5.75 Å². The molecule has 0 aromatic heterocycles. The molecule has 130 valence electrons. The molecule has 1 fully saturated rings. The van der Waals surface area contributed by atoms with E-state index in [0.29, 0.717) is 30.1 Å². The molecule has 1 saturated carbocycles. The van der Waals surface area contributed by atoms with Crippen molar-refractivity contribution in [1.29, 1.82) is 0 Å². The maximum atomic E-state index is 10.6. The third-order valence-corrected chi connectivity index (χ3v) is 5.47. The standard InChI is InChI=1S/C19H29BrO3/c1-12(2)15-7-5-13(3)9-19(15)23-11-17(21)16-10-14(20)6-8-18(16)22-4/h6,8,10,12-13,15,17,19,21H,5,7,9,11H2,1-4H3/t13-,15+,17?,19-/m1/s1. The second-order valence-electron chi connectivity index (χ2n) is 7.10. The smallest absolute Gasteiger partial charge is 0.124 e. The summed E-state index contributed by atoms with van der Waals surface area (Å²) in [7, 11) is 1.62. The molecule has 1 aliphatic carbocycles. The van der Waals surface area contributed by atoms with E-state index in [1.165, 1.54) is 12.8 Å². The number of aliphatic hydroxyl groups is 1. The summed E-state index contributed by atoms with van der Waals surface area (Å²) in [4.78, 5) is 0. The van der Waals surface area contributed by atoms with Crippen LogP contribution >= 0.6 is 15.9 Å². The Morgan fingerprint density at radius 2 is 2.04 bits per heavy atom. The van der Waals surface area contributed by atoms with Crippen molar-refractivity contribution in [1.82, 2.24) is 0 Å². The highest BCUT2D eigenvalue weighted by atomic mass is 79.9. The van der Waals surface area contributed by atoms with Gasteiger partial charge in [0.25, 0.3) is 0 Å². The van der Waals surface area contributed by atoms with Crippen LogP contribution in [-0.2, 0) is 4.74 Å². The van der Waals surface area contributed by atoms with Gasteiger partial charge >= 0.3 is 0 Å². The Labute approximate surface area is 148 Å². The zero-order chi connectivity index (χ0) is 17.0. The Bertz CT molecular complexity index is 503. The largest absolute Gasteiger partial charge is 0.496 e. The lowest BCUT2D eigenvalue weighted by atomic mass is 9.75. The van der Waals surface area contributed by atoms with Gasteiger partial charge in [-0.05, 0) is 48.8 Å². The highest BCUT2D eigenvalue weighted by Crippen LogP contribution is 2.36. The summed E-state index contributed by atoms with van der Waals surface area (Å²) in [5.74, 6) is 2.60. The average molecular weight is 385 g/mol. The van der Waals surface area contributed by atoms with E-state index in [9.17, 15) is 5.11 Å². The van der Waals surface area contributed by atoms with Crippen LogP contribution in [0.4, 0.5) is 0 Å². The molecular formula is C19H29BrO3. The summed E-state index contributed by atoms with van der Waals surface area (Å²) < 4.78 is 12.4. The molecule has 4 atom stereocenters.